The van der Waals surface area contributed by atoms with Crippen LogP contribution in [0, 0.1) is 6.92 Å². The first-order chi connectivity index (χ1) is 8.51. The Hall–Kier alpha value is -1.39. The number of rotatable bonds is 4. The van der Waals surface area contributed by atoms with Crippen molar-refractivity contribution in [3.63, 3.8) is 0 Å². The van der Waals surface area contributed by atoms with Gasteiger partial charge in [-0.2, -0.15) is 0 Å². The van der Waals surface area contributed by atoms with Gasteiger partial charge in [-0.05, 0) is 31.5 Å². The van der Waals surface area contributed by atoms with Crippen molar-refractivity contribution in [3.05, 3.63) is 45.9 Å². The van der Waals surface area contributed by atoms with E-state index < -0.39 is 5.60 Å². The summed E-state index contributed by atoms with van der Waals surface area (Å²) in [4.78, 5) is 4.39. The molecule has 18 heavy (non-hydrogen) atoms. The molecule has 1 N–H and O–H groups in total. The van der Waals surface area contributed by atoms with Gasteiger partial charge in [0.15, 0.2) is 0 Å². The number of nitrogens with zero attached hydrogens (tertiary/aromatic N) is 1. The van der Waals surface area contributed by atoms with E-state index >= 15 is 0 Å². The number of aromatic nitrogens is 1. The molecule has 0 aliphatic rings. The normalized spacial score (nSPS) is 14.2. The number of aliphatic hydroxyl groups is 1. The summed E-state index contributed by atoms with van der Waals surface area (Å²) in [6.07, 6.45) is 0.504. The molecular formula is C14H17NO2S. The summed E-state index contributed by atoms with van der Waals surface area (Å²) in [6, 6.07) is 7.52. The Labute approximate surface area is 111 Å². The number of methoxy groups -OCH3 is 1. The van der Waals surface area contributed by atoms with Gasteiger partial charge in [-0.1, -0.05) is 12.1 Å². The summed E-state index contributed by atoms with van der Waals surface area (Å²) in [5.41, 5.74) is 0.826. The van der Waals surface area contributed by atoms with Gasteiger partial charge in [0.25, 0.3) is 0 Å². The van der Waals surface area contributed by atoms with E-state index in [0.29, 0.717) is 6.42 Å². The summed E-state index contributed by atoms with van der Waals surface area (Å²) in [6.45, 7) is 3.77. The fraction of sp³-hybridized carbons (Fsp3) is 0.357. The molecule has 0 saturated heterocycles. The van der Waals surface area contributed by atoms with Crippen molar-refractivity contribution in [3.8, 4) is 5.75 Å². The molecule has 1 heterocycles. The van der Waals surface area contributed by atoms with Crippen LogP contribution in [-0.4, -0.2) is 17.2 Å². The van der Waals surface area contributed by atoms with Gasteiger partial charge in [0, 0.05) is 11.8 Å². The zero-order valence-corrected chi connectivity index (χ0v) is 11.6. The molecule has 0 bridgehead atoms. The second-order valence-electron chi connectivity index (χ2n) is 4.54. The highest BCUT2D eigenvalue weighted by molar-refractivity contribution is 7.09. The first kappa shape index (κ1) is 13.1. The maximum atomic E-state index is 10.6. The van der Waals surface area contributed by atoms with Crippen LogP contribution >= 0.6 is 11.3 Å². The fourth-order valence-electron chi connectivity index (χ4n) is 1.90. The van der Waals surface area contributed by atoms with Gasteiger partial charge in [-0.3, -0.25) is 0 Å². The van der Waals surface area contributed by atoms with E-state index in [4.69, 9.17) is 4.74 Å². The molecule has 1 unspecified atom stereocenters. The average molecular weight is 263 g/mol. The average Bonchev–Trinajstić information content (AvgIpc) is 2.74. The van der Waals surface area contributed by atoms with Crippen LogP contribution in [0.3, 0.4) is 0 Å². The van der Waals surface area contributed by atoms with E-state index in [2.05, 4.69) is 4.98 Å². The van der Waals surface area contributed by atoms with E-state index in [1.165, 1.54) is 0 Å². The smallest absolute Gasteiger partial charge is 0.119 e. The molecule has 0 fully saturated rings. The van der Waals surface area contributed by atoms with E-state index in [1.54, 1.807) is 25.4 Å². The summed E-state index contributed by atoms with van der Waals surface area (Å²) >= 11 is 1.60. The Balaban J connectivity index is 2.23. The third kappa shape index (κ3) is 2.89. The summed E-state index contributed by atoms with van der Waals surface area (Å²) in [5, 5.41) is 13.6. The number of aryl methyl sites for hydroxylation is 1. The van der Waals surface area contributed by atoms with Gasteiger partial charge >= 0.3 is 0 Å². The monoisotopic (exact) mass is 263 g/mol. The molecule has 0 amide bonds. The maximum Gasteiger partial charge on any atom is 0.119 e. The number of ether oxygens (including phenoxy) is 1. The predicted molar refractivity (Wildman–Crippen MR) is 73.1 cm³/mol. The summed E-state index contributed by atoms with van der Waals surface area (Å²) in [5.74, 6) is 0.752. The Morgan fingerprint density at radius 1 is 1.44 bits per heavy atom. The topological polar surface area (TPSA) is 42.4 Å². The van der Waals surface area contributed by atoms with Gasteiger partial charge in [0.05, 0.1) is 23.4 Å². The van der Waals surface area contributed by atoms with Gasteiger partial charge in [0.1, 0.15) is 5.75 Å². The minimum atomic E-state index is -0.935. The van der Waals surface area contributed by atoms with Crippen LogP contribution in [0.5, 0.6) is 5.75 Å². The van der Waals surface area contributed by atoms with Crippen molar-refractivity contribution < 1.29 is 9.84 Å². The zero-order valence-electron chi connectivity index (χ0n) is 10.8. The van der Waals surface area contributed by atoms with Crippen LogP contribution in [0.1, 0.15) is 23.2 Å². The maximum absolute atomic E-state index is 10.6. The van der Waals surface area contributed by atoms with Crippen LogP contribution in [0.25, 0.3) is 0 Å². The molecule has 0 radical (unpaired) electrons. The largest absolute Gasteiger partial charge is 0.497 e. The predicted octanol–water partition coefficient (Wildman–Crippen LogP) is 2.91. The van der Waals surface area contributed by atoms with Gasteiger partial charge in [-0.15, -0.1) is 11.3 Å². The molecule has 2 aromatic rings. The molecule has 1 aromatic carbocycles. The van der Waals surface area contributed by atoms with E-state index in [1.807, 2.05) is 36.6 Å². The summed E-state index contributed by atoms with van der Waals surface area (Å²) < 4.78 is 5.18. The van der Waals surface area contributed by atoms with E-state index in [9.17, 15) is 5.11 Å². The lowest BCUT2D eigenvalue weighted by molar-refractivity contribution is 0.0565. The van der Waals surface area contributed by atoms with Crippen molar-refractivity contribution in [2.45, 2.75) is 25.9 Å². The summed E-state index contributed by atoms with van der Waals surface area (Å²) in [7, 11) is 1.62. The molecule has 0 saturated carbocycles. The molecule has 0 aliphatic carbocycles. The molecule has 96 valence electrons. The molecule has 2 rings (SSSR count). The van der Waals surface area contributed by atoms with Gasteiger partial charge in [0.2, 0.25) is 0 Å². The van der Waals surface area contributed by atoms with Crippen molar-refractivity contribution in [1.82, 2.24) is 4.98 Å². The molecule has 0 aliphatic heterocycles. The van der Waals surface area contributed by atoms with Crippen LogP contribution in [0.4, 0.5) is 0 Å². The van der Waals surface area contributed by atoms with Crippen molar-refractivity contribution in [2.75, 3.05) is 7.11 Å². The van der Waals surface area contributed by atoms with Crippen LogP contribution < -0.4 is 4.74 Å². The Bertz CT molecular complexity index is 534. The first-order valence-corrected chi connectivity index (χ1v) is 6.67. The minimum absolute atomic E-state index is 0.504. The fourth-order valence-corrected chi connectivity index (χ4v) is 2.51. The Morgan fingerprint density at radius 3 is 2.83 bits per heavy atom. The second-order valence-corrected chi connectivity index (χ2v) is 5.60. The first-order valence-electron chi connectivity index (χ1n) is 5.79. The van der Waals surface area contributed by atoms with Crippen molar-refractivity contribution >= 4 is 11.3 Å². The molecule has 1 aromatic heterocycles. The van der Waals surface area contributed by atoms with Crippen molar-refractivity contribution in [1.29, 1.82) is 0 Å². The number of hydrogen-bond acceptors (Lipinski definition) is 4. The highest BCUT2D eigenvalue weighted by Gasteiger charge is 2.25. The lowest BCUT2D eigenvalue weighted by Gasteiger charge is -2.23. The van der Waals surface area contributed by atoms with E-state index in [0.717, 1.165) is 22.0 Å². The van der Waals surface area contributed by atoms with Crippen LogP contribution in [-0.2, 0) is 12.0 Å². The van der Waals surface area contributed by atoms with E-state index in [-0.39, 0.29) is 0 Å². The lowest BCUT2D eigenvalue weighted by Crippen LogP contribution is -2.24. The number of benzene rings is 1. The quantitative estimate of drug-likeness (QED) is 0.922. The highest BCUT2D eigenvalue weighted by Crippen LogP contribution is 2.28. The Kier molecular flexibility index (Phi) is 3.68. The molecule has 1 atom stereocenters. The van der Waals surface area contributed by atoms with Gasteiger partial charge in [-0.25, -0.2) is 4.98 Å². The number of hydrogen-bond donors (Lipinski definition) is 1. The zero-order chi connectivity index (χ0) is 13.2. The highest BCUT2D eigenvalue weighted by atomic mass is 32.1. The molecule has 0 spiro atoms. The molecular weight excluding hydrogens is 246 g/mol. The lowest BCUT2D eigenvalue weighted by atomic mass is 9.91. The third-order valence-electron chi connectivity index (χ3n) is 2.88. The minimum Gasteiger partial charge on any atom is -0.497 e. The molecule has 4 heteroatoms. The van der Waals surface area contributed by atoms with Crippen LogP contribution in [0.15, 0.2) is 29.6 Å². The number of thiazole rings is 1. The standard InChI is InChI=1S/C14H17NO2S/c1-10-15-12(9-18-10)8-14(2,16)11-5-4-6-13(7-11)17-3/h4-7,9,16H,8H2,1-3H3. The second kappa shape index (κ2) is 5.08. The third-order valence-corrected chi connectivity index (χ3v) is 3.71. The van der Waals surface area contributed by atoms with Crippen LogP contribution in [0.2, 0.25) is 0 Å². The SMILES string of the molecule is COc1cccc(C(C)(O)Cc2csc(C)n2)c1. The van der Waals surface area contributed by atoms with Crippen molar-refractivity contribution in [2.24, 2.45) is 0 Å². The van der Waals surface area contributed by atoms with Gasteiger partial charge < -0.3 is 9.84 Å². The molecule has 3 nitrogen and oxygen atoms in total. The Morgan fingerprint density at radius 2 is 2.22 bits per heavy atom.